The predicted octanol–water partition coefficient (Wildman–Crippen LogP) is 3.96. The summed E-state index contributed by atoms with van der Waals surface area (Å²) < 4.78 is 37.9. The SMILES string of the molecule is COc1cncc(N2CCN(c3nc(NCc4ccc(C(C)(F)F)cc4)nc4c3COC4)CC2)c1. The number of rotatable bonds is 7. The van der Waals surface area contributed by atoms with Gasteiger partial charge in [0.05, 0.1) is 44.1 Å². The summed E-state index contributed by atoms with van der Waals surface area (Å²) in [6.45, 7) is 5.53. The first-order valence-electron chi connectivity index (χ1n) is 11.6. The number of alkyl halides is 2. The van der Waals surface area contributed by atoms with Gasteiger partial charge in [-0.05, 0) is 5.56 Å². The Balaban J connectivity index is 1.28. The van der Waals surface area contributed by atoms with Gasteiger partial charge in [-0.25, -0.2) is 13.8 Å². The molecule has 0 atom stereocenters. The molecule has 2 aliphatic heterocycles. The van der Waals surface area contributed by atoms with E-state index in [9.17, 15) is 8.78 Å². The molecule has 5 rings (SSSR count). The van der Waals surface area contributed by atoms with Crippen LogP contribution in [0.3, 0.4) is 0 Å². The van der Waals surface area contributed by atoms with Crippen LogP contribution in [0.1, 0.15) is 29.3 Å². The molecule has 8 nitrogen and oxygen atoms in total. The Kier molecular flexibility index (Phi) is 6.38. The predicted molar refractivity (Wildman–Crippen MR) is 129 cm³/mol. The molecule has 0 saturated carbocycles. The van der Waals surface area contributed by atoms with Gasteiger partial charge in [-0.15, -0.1) is 0 Å². The number of fused-ring (bicyclic) bond motifs is 1. The molecule has 0 unspecified atom stereocenters. The average molecular weight is 483 g/mol. The largest absolute Gasteiger partial charge is 0.495 e. The van der Waals surface area contributed by atoms with Gasteiger partial charge in [-0.1, -0.05) is 24.3 Å². The molecule has 1 saturated heterocycles. The van der Waals surface area contributed by atoms with Crippen LogP contribution in [0, 0.1) is 0 Å². The van der Waals surface area contributed by atoms with Crippen LogP contribution in [0.4, 0.5) is 26.2 Å². The van der Waals surface area contributed by atoms with Gasteiger partial charge >= 0.3 is 0 Å². The maximum absolute atomic E-state index is 13.5. The van der Waals surface area contributed by atoms with E-state index in [1.54, 1.807) is 25.4 Å². The van der Waals surface area contributed by atoms with Crippen LogP contribution in [0.25, 0.3) is 0 Å². The monoisotopic (exact) mass is 482 g/mol. The minimum absolute atomic E-state index is 0.00154. The number of anilines is 3. The first-order valence-corrected chi connectivity index (χ1v) is 11.6. The number of piperazine rings is 1. The van der Waals surface area contributed by atoms with E-state index in [1.807, 2.05) is 12.3 Å². The summed E-state index contributed by atoms with van der Waals surface area (Å²) in [6, 6.07) is 8.30. The highest BCUT2D eigenvalue weighted by atomic mass is 19.3. The number of pyridine rings is 1. The molecule has 2 aromatic heterocycles. The van der Waals surface area contributed by atoms with Crippen LogP contribution in [0.5, 0.6) is 5.75 Å². The number of hydrogen-bond donors (Lipinski definition) is 1. The summed E-state index contributed by atoms with van der Waals surface area (Å²) in [5.41, 5.74) is 3.83. The number of nitrogens with zero attached hydrogens (tertiary/aromatic N) is 5. The van der Waals surface area contributed by atoms with Crippen LogP contribution in [0.2, 0.25) is 0 Å². The minimum Gasteiger partial charge on any atom is -0.495 e. The van der Waals surface area contributed by atoms with Crippen LogP contribution in [-0.2, 0) is 30.4 Å². The van der Waals surface area contributed by atoms with E-state index in [0.29, 0.717) is 25.7 Å². The maximum Gasteiger partial charge on any atom is 0.270 e. The molecule has 4 heterocycles. The third kappa shape index (κ3) is 5.12. The third-order valence-electron chi connectivity index (χ3n) is 6.35. The molecule has 3 aromatic rings. The molecular formula is C25H28F2N6O2. The molecule has 2 aliphatic rings. The van der Waals surface area contributed by atoms with Gasteiger partial charge in [0.2, 0.25) is 5.95 Å². The number of hydrogen-bond acceptors (Lipinski definition) is 8. The van der Waals surface area contributed by atoms with Crippen molar-refractivity contribution in [3.63, 3.8) is 0 Å². The minimum atomic E-state index is -2.85. The molecular weight excluding hydrogens is 454 g/mol. The molecule has 35 heavy (non-hydrogen) atoms. The van der Waals surface area contributed by atoms with E-state index in [4.69, 9.17) is 14.5 Å². The lowest BCUT2D eigenvalue weighted by molar-refractivity contribution is 0.0174. The van der Waals surface area contributed by atoms with E-state index in [1.165, 1.54) is 12.1 Å². The highest BCUT2D eigenvalue weighted by molar-refractivity contribution is 5.56. The summed E-state index contributed by atoms with van der Waals surface area (Å²) >= 11 is 0. The van der Waals surface area contributed by atoms with Crippen molar-refractivity contribution < 1.29 is 18.3 Å². The van der Waals surface area contributed by atoms with Gasteiger partial charge in [0.15, 0.2) is 0 Å². The first kappa shape index (κ1) is 23.2. The number of ether oxygens (including phenoxy) is 2. The molecule has 1 fully saturated rings. The zero-order chi connectivity index (χ0) is 24.4. The van der Waals surface area contributed by atoms with Crippen molar-refractivity contribution >= 4 is 17.5 Å². The third-order valence-corrected chi connectivity index (χ3v) is 6.35. The van der Waals surface area contributed by atoms with Gasteiger partial charge in [0.1, 0.15) is 11.6 Å². The molecule has 10 heteroatoms. The van der Waals surface area contributed by atoms with Crippen molar-refractivity contribution in [3.05, 3.63) is 65.1 Å². The molecule has 0 amide bonds. The summed E-state index contributed by atoms with van der Waals surface area (Å²) in [4.78, 5) is 18.3. The van der Waals surface area contributed by atoms with E-state index in [-0.39, 0.29) is 5.56 Å². The maximum atomic E-state index is 13.5. The Hall–Kier alpha value is -3.53. The number of halogens is 2. The van der Waals surface area contributed by atoms with Gasteiger partial charge in [0, 0.05) is 56.8 Å². The highest BCUT2D eigenvalue weighted by Crippen LogP contribution is 2.31. The van der Waals surface area contributed by atoms with Gasteiger partial charge < -0.3 is 24.6 Å². The first-order chi connectivity index (χ1) is 16.9. The Morgan fingerprint density at radius 1 is 1.03 bits per heavy atom. The molecule has 0 bridgehead atoms. The Morgan fingerprint density at radius 2 is 1.77 bits per heavy atom. The smallest absolute Gasteiger partial charge is 0.270 e. The van der Waals surface area contributed by atoms with E-state index in [0.717, 1.165) is 67.2 Å². The fourth-order valence-electron chi connectivity index (χ4n) is 4.34. The van der Waals surface area contributed by atoms with Crippen molar-refractivity contribution in [2.75, 3.05) is 48.4 Å². The lowest BCUT2D eigenvalue weighted by Crippen LogP contribution is -2.47. The van der Waals surface area contributed by atoms with E-state index >= 15 is 0 Å². The normalized spacial score (nSPS) is 15.8. The van der Waals surface area contributed by atoms with Crippen molar-refractivity contribution in [2.24, 2.45) is 0 Å². The van der Waals surface area contributed by atoms with E-state index in [2.05, 4.69) is 25.1 Å². The summed E-state index contributed by atoms with van der Waals surface area (Å²) in [5, 5.41) is 3.25. The zero-order valence-corrected chi connectivity index (χ0v) is 19.8. The fraction of sp³-hybridized carbons (Fsp3) is 0.400. The number of aromatic nitrogens is 3. The van der Waals surface area contributed by atoms with Crippen LogP contribution >= 0.6 is 0 Å². The standard InChI is InChI=1S/C25H28F2N6O2/c1-25(26,27)18-5-3-17(4-6-18)12-29-24-30-22-16-35-15-21(22)23(31-24)33-9-7-32(8-10-33)19-11-20(34-2)14-28-13-19/h3-6,11,13-14H,7-10,12,15-16H2,1-2H3,(H,29,30,31). The van der Waals surface area contributed by atoms with Crippen molar-refractivity contribution in [3.8, 4) is 5.75 Å². The molecule has 1 aromatic carbocycles. The average Bonchev–Trinajstić information content (AvgIpc) is 3.36. The Morgan fingerprint density at radius 3 is 2.49 bits per heavy atom. The van der Waals surface area contributed by atoms with Crippen LogP contribution in [0.15, 0.2) is 42.7 Å². The van der Waals surface area contributed by atoms with E-state index < -0.39 is 5.92 Å². The lowest BCUT2D eigenvalue weighted by atomic mass is 10.1. The molecule has 0 aliphatic carbocycles. The van der Waals surface area contributed by atoms with Gasteiger partial charge in [-0.3, -0.25) is 4.98 Å². The Labute approximate surface area is 202 Å². The van der Waals surface area contributed by atoms with Crippen LogP contribution in [-0.4, -0.2) is 48.2 Å². The van der Waals surface area contributed by atoms with Gasteiger partial charge in [-0.2, -0.15) is 4.98 Å². The number of methoxy groups -OCH3 is 1. The quantitative estimate of drug-likeness (QED) is 0.543. The summed E-state index contributed by atoms with van der Waals surface area (Å²) in [5.74, 6) is -0.714. The fourth-order valence-corrected chi connectivity index (χ4v) is 4.34. The number of benzene rings is 1. The molecule has 1 N–H and O–H groups in total. The van der Waals surface area contributed by atoms with Crippen molar-refractivity contribution in [1.29, 1.82) is 0 Å². The Bertz CT molecular complexity index is 1180. The second-order valence-corrected chi connectivity index (χ2v) is 8.78. The molecule has 0 spiro atoms. The van der Waals surface area contributed by atoms with Gasteiger partial charge in [0.25, 0.3) is 5.92 Å². The number of nitrogens with one attached hydrogen (secondary N) is 1. The molecule has 184 valence electrons. The van der Waals surface area contributed by atoms with Crippen molar-refractivity contribution in [2.45, 2.75) is 32.6 Å². The topological polar surface area (TPSA) is 75.6 Å². The summed E-state index contributed by atoms with van der Waals surface area (Å²) in [7, 11) is 1.64. The second kappa shape index (κ2) is 9.61. The molecule has 0 radical (unpaired) electrons. The lowest BCUT2D eigenvalue weighted by Gasteiger charge is -2.37. The van der Waals surface area contributed by atoms with Crippen LogP contribution < -0.4 is 19.9 Å². The second-order valence-electron chi connectivity index (χ2n) is 8.78. The summed E-state index contributed by atoms with van der Waals surface area (Å²) in [6.07, 6.45) is 3.55. The van der Waals surface area contributed by atoms with Crippen molar-refractivity contribution in [1.82, 2.24) is 15.0 Å². The highest BCUT2D eigenvalue weighted by Gasteiger charge is 2.27. The zero-order valence-electron chi connectivity index (χ0n) is 19.8.